The normalized spacial score (nSPS) is 12.9. The topological polar surface area (TPSA) is 56.8 Å². The number of rotatable bonds is 12. The Morgan fingerprint density at radius 1 is 1.11 bits per heavy atom. The Hall–Kier alpha value is -0.490. The average molecular weight is 261 g/mol. The van der Waals surface area contributed by atoms with E-state index in [1.807, 2.05) is 20.8 Å². The van der Waals surface area contributed by atoms with Gasteiger partial charge in [-0.25, -0.2) is 0 Å². The SMILES string of the molecule is CCC(=O)[C@H](COCCOCCOC(C)C)NC. The molecule has 0 aromatic carbocycles. The predicted octanol–water partition coefficient (Wildman–Crippen LogP) is 1.01. The van der Waals surface area contributed by atoms with Crippen molar-refractivity contribution >= 4 is 5.78 Å². The van der Waals surface area contributed by atoms with E-state index in [0.717, 1.165) is 0 Å². The lowest BCUT2D eigenvalue weighted by atomic mass is 10.1. The first-order valence-electron chi connectivity index (χ1n) is 6.58. The molecule has 0 aliphatic rings. The number of likely N-dealkylation sites (N-methyl/N-ethyl adjacent to an activating group) is 1. The summed E-state index contributed by atoms with van der Waals surface area (Å²) in [6, 6.07) is -0.209. The third-order valence-corrected chi connectivity index (χ3v) is 2.42. The van der Waals surface area contributed by atoms with Gasteiger partial charge in [0.15, 0.2) is 5.78 Å². The van der Waals surface area contributed by atoms with Crippen LogP contribution in [-0.2, 0) is 19.0 Å². The maximum Gasteiger partial charge on any atom is 0.151 e. The highest BCUT2D eigenvalue weighted by molar-refractivity contribution is 5.83. The van der Waals surface area contributed by atoms with Crippen LogP contribution < -0.4 is 5.32 Å². The third kappa shape index (κ3) is 9.53. The molecule has 0 rings (SSSR count). The zero-order chi connectivity index (χ0) is 13.8. The molecule has 0 aliphatic heterocycles. The van der Waals surface area contributed by atoms with E-state index in [1.165, 1.54) is 0 Å². The number of carbonyl (C=O) groups excluding carboxylic acids is 1. The standard InChI is InChI=1S/C13H27NO4/c1-5-13(15)12(14-4)10-17-7-6-16-8-9-18-11(2)3/h11-12,14H,5-10H2,1-4H3/t12-/m0/s1. The fourth-order valence-electron chi connectivity index (χ4n) is 1.35. The predicted molar refractivity (Wildman–Crippen MR) is 70.9 cm³/mol. The molecular formula is C13H27NO4. The molecule has 5 heteroatoms. The van der Waals surface area contributed by atoms with Crippen molar-refractivity contribution in [1.82, 2.24) is 5.32 Å². The molecule has 0 saturated heterocycles. The van der Waals surface area contributed by atoms with Crippen LogP contribution in [0, 0.1) is 0 Å². The summed E-state index contributed by atoms with van der Waals surface area (Å²) in [5.41, 5.74) is 0. The number of carbonyl (C=O) groups is 1. The van der Waals surface area contributed by atoms with E-state index in [0.29, 0.717) is 39.5 Å². The number of Topliss-reactive ketones (excluding diaryl/α,β-unsaturated/α-hetero) is 1. The molecule has 0 aromatic rings. The number of nitrogens with one attached hydrogen (secondary N) is 1. The molecule has 0 radical (unpaired) electrons. The molecule has 108 valence electrons. The first kappa shape index (κ1) is 17.5. The maximum absolute atomic E-state index is 11.4. The molecule has 5 nitrogen and oxygen atoms in total. The third-order valence-electron chi connectivity index (χ3n) is 2.42. The Morgan fingerprint density at radius 2 is 1.72 bits per heavy atom. The molecule has 0 heterocycles. The summed E-state index contributed by atoms with van der Waals surface area (Å²) in [5, 5.41) is 2.94. The van der Waals surface area contributed by atoms with Crippen LogP contribution in [0.1, 0.15) is 27.2 Å². The quantitative estimate of drug-likeness (QED) is 0.531. The van der Waals surface area contributed by atoms with Crippen LogP contribution in [0.4, 0.5) is 0 Å². The van der Waals surface area contributed by atoms with Crippen molar-refractivity contribution in [3.05, 3.63) is 0 Å². The molecule has 0 aliphatic carbocycles. The smallest absolute Gasteiger partial charge is 0.151 e. The van der Waals surface area contributed by atoms with Crippen molar-refractivity contribution in [2.45, 2.75) is 39.3 Å². The summed E-state index contributed by atoms with van der Waals surface area (Å²) in [6.45, 7) is 8.43. The molecule has 0 spiro atoms. The molecular weight excluding hydrogens is 234 g/mol. The summed E-state index contributed by atoms with van der Waals surface area (Å²) in [4.78, 5) is 11.4. The summed E-state index contributed by atoms with van der Waals surface area (Å²) in [7, 11) is 1.77. The van der Waals surface area contributed by atoms with E-state index >= 15 is 0 Å². The minimum Gasteiger partial charge on any atom is -0.377 e. The van der Waals surface area contributed by atoms with Crippen molar-refractivity contribution in [3.63, 3.8) is 0 Å². The van der Waals surface area contributed by atoms with Gasteiger partial charge in [-0.2, -0.15) is 0 Å². The van der Waals surface area contributed by atoms with Crippen LogP contribution >= 0.6 is 0 Å². The van der Waals surface area contributed by atoms with Gasteiger partial charge in [0.05, 0.1) is 45.2 Å². The van der Waals surface area contributed by atoms with E-state index in [4.69, 9.17) is 14.2 Å². The molecule has 1 atom stereocenters. The number of hydrogen-bond acceptors (Lipinski definition) is 5. The Morgan fingerprint density at radius 3 is 2.28 bits per heavy atom. The van der Waals surface area contributed by atoms with Gasteiger partial charge in [0, 0.05) is 6.42 Å². The second kappa shape index (κ2) is 11.6. The van der Waals surface area contributed by atoms with Gasteiger partial charge < -0.3 is 19.5 Å². The van der Waals surface area contributed by atoms with Gasteiger partial charge in [0.1, 0.15) is 0 Å². The molecule has 0 amide bonds. The second-order valence-corrected chi connectivity index (χ2v) is 4.27. The summed E-state index contributed by atoms with van der Waals surface area (Å²) in [6.07, 6.45) is 0.763. The van der Waals surface area contributed by atoms with Gasteiger partial charge in [-0.3, -0.25) is 4.79 Å². The van der Waals surface area contributed by atoms with E-state index in [1.54, 1.807) is 7.05 Å². The minimum atomic E-state index is -0.209. The Kier molecular flexibility index (Phi) is 11.3. The Labute approximate surface area is 110 Å². The fourth-order valence-corrected chi connectivity index (χ4v) is 1.35. The maximum atomic E-state index is 11.4. The zero-order valence-electron chi connectivity index (χ0n) is 12.0. The van der Waals surface area contributed by atoms with E-state index in [9.17, 15) is 4.79 Å². The highest BCUT2D eigenvalue weighted by atomic mass is 16.5. The summed E-state index contributed by atoms with van der Waals surface area (Å²) in [5.74, 6) is 0.170. The van der Waals surface area contributed by atoms with Gasteiger partial charge in [0.25, 0.3) is 0 Å². The number of ketones is 1. The van der Waals surface area contributed by atoms with E-state index < -0.39 is 0 Å². The van der Waals surface area contributed by atoms with Crippen LogP contribution in [0.2, 0.25) is 0 Å². The fraction of sp³-hybridized carbons (Fsp3) is 0.923. The minimum absolute atomic E-state index is 0.170. The molecule has 0 bridgehead atoms. The summed E-state index contributed by atoms with van der Waals surface area (Å²) >= 11 is 0. The largest absolute Gasteiger partial charge is 0.377 e. The first-order valence-corrected chi connectivity index (χ1v) is 6.58. The van der Waals surface area contributed by atoms with E-state index in [2.05, 4.69) is 5.32 Å². The van der Waals surface area contributed by atoms with Gasteiger partial charge in [0.2, 0.25) is 0 Å². The van der Waals surface area contributed by atoms with Crippen LogP contribution in [0.25, 0.3) is 0 Å². The van der Waals surface area contributed by atoms with Crippen LogP contribution in [0.5, 0.6) is 0 Å². The lowest BCUT2D eigenvalue weighted by molar-refractivity contribution is -0.122. The highest BCUT2D eigenvalue weighted by Crippen LogP contribution is 1.93. The first-order chi connectivity index (χ1) is 8.61. The lowest BCUT2D eigenvalue weighted by Crippen LogP contribution is -2.38. The number of hydrogen-bond donors (Lipinski definition) is 1. The Balaban J connectivity index is 3.36. The van der Waals surface area contributed by atoms with Crippen LogP contribution in [0.15, 0.2) is 0 Å². The van der Waals surface area contributed by atoms with Crippen LogP contribution in [-0.4, -0.2) is 58.0 Å². The molecule has 0 saturated carbocycles. The van der Waals surface area contributed by atoms with Crippen molar-refractivity contribution < 1.29 is 19.0 Å². The Bertz CT molecular complexity index is 209. The van der Waals surface area contributed by atoms with Crippen molar-refractivity contribution in [1.29, 1.82) is 0 Å². The average Bonchev–Trinajstić information content (AvgIpc) is 2.36. The van der Waals surface area contributed by atoms with Crippen molar-refractivity contribution in [2.75, 3.05) is 40.1 Å². The van der Waals surface area contributed by atoms with Gasteiger partial charge in [-0.15, -0.1) is 0 Å². The van der Waals surface area contributed by atoms with Gasteiger partial charge in [-0.1, -0.05) is 6.92 Å². The van der Waals surface area contributed by atoms with E-state index in [-0.39, 0.29) is 17.9 Å². The van der Waals surface area contributed by atoms with Gasteiger partial charge >= 0.3 is 0 Å². The van der Waals surface area contributed by atoms with Crippen molar-refractivity contribution in [2.24, 2.45) is 0 Å². The monoisotopic (exact) mass is 261 g/mol. The molecule has 18 heavy (non-hydrogen) atoms. The molecule has 0 unspecified atom stereocenters. The molecule has 1 N–H and O–H groups in total. The highest BCUT2D eigenvalue weighted by Gasteiger charge is 2.13. The number of ether oxygens (including phenoxy) is 3. The zero-order valence-corrected chi connectivity index (χ0v) is 12.0. The van der Waals surface area contributed by atoms with Crippen LogP contribution in [0.3, 0.4) is 0 Å². The van der Waals surface area contributed by atoms with Gasteiger partial charge in [-0.05, 0) is 20.9 Å². The van der Waals surface area contributed by atoms with Crippen molar-refractivity contribution in [3.8, 4) is 0 Å². The lowest BCUT2D eigenvalue weighted by Gasteiger charge is -2.14. The second-order valence-electron chi connectivity index (χ2n) is 4.27. The summed E-state index contributed by atoms with van der Waals surface area (Å²) < 4.78 is 16.0. The molecule has 0 aromatic heterocycles. The molecule has 0 fully saturated rings.